The van der Waals surface area contributed by atoms with Crippen LogP contribution in [0.3, 0.4) is 0 Å². The number of carbonyl (C=O) groups excluding carboxylic acids is 2. The van der Waals surface area contributed by atoms with E-state index in [1.54, 1.807) is 7.11 Å². The summed E-state index contributed by atoms with van der Waals surface area (Å²) in [6.07, 6.45) is 6.75. The maximum atomic E-state index is 11.8. The van der Waals surface area contributed by atoms with Gasteiger partial charge in [-0.1, -0.05) is 31.4 Å². The van der Waals surface area contributed by atoms with Gasteiger partial charge in [-0.05, 0) is 37.0 Å². The standard InChI is InChI=1S/C18H26N2O3/c1-23-16-10-7-14(8-11-16)9-12-17(21)19-13-18(22)20-15-5-3-2-4-6-15/h7-8,10-11,15H,2-6,9,12-13H2,1H3,(H,19,21)(H,20,22). The third-order valence-electron chi connectivity index (χ3n) is 4.22. The Balaban J connectivity index is 1.62. The average molecular weight is 318 g/mol. The van der Waals surface area contributed by atoms with Crippen LogP contribution in [-0.4, -0.2) is 31.5 Å². The van der Waals surface area contributed by atoms with Crippen LogP contribution in [0, 0.1) is 0 Å². The molecule has 5 nitrogen and oxygen atoms in total. The number of ether oxygens (including phenoxy) is 1. The van der Waals surface area contributed by atoms with E-state index < -0.39 is 0 Å². The second kappa shape index (κ2) is 9.18. The van der Waals surface area contributed by atoms with Crippen LogP contribution in [0.5, 0.6) is 5.75 Å². The van der Waals surface area contributed by atoms with E-state index in [1.807, 2.05) is 24.3 Å². The topological polar surface area (TPSA) is 67.4 Å². The van der Waals surface area contributed by atoms with Crippen molar-refractivity contribution in [3.63, 3.8) is 0 Å². The molecule has 1 aliphatic carbocycles. The first-order valence-electron chi connectivity index (χ1n) is 8.36. The molecule has 2 N–H and O–H groups in total. The third kappa shape index (κ3) is 6.30. The van der Waals surface area contributed by atoms with Crippen LogP contribution >= 0.6 is 0 Å². The van der Waals surface area contributed by atoms with Crippen LogP contribution in [0.1, 0.15) is 44.1 Å². The Morgan fingerprint density at radius 3 is 2.43 bits per heavy atom. The second-order valence-corrected chi connectivity index (χ2v) is 6.03. The zero-order chi connectivity index (χ0) is 16.5. The second-order valence-electron chi connectivity index (χ2n) is 6.03. The Morgan fingerprint density at radius 2 is 1.78 bits per heavy atom. The van der Waals surface area contributed by atoms with Crippen molar-refractivity contribution in [1.29, 1.82) is 0 Å². The maximum absolute atomic E-state index is 11.8. The van der Waals surface area contributed by atoms with Crippen molar-refractivity contribution in [1.82, 2.24) is 10.6 Å². The molecule has 0 saturated heterocycles. The molecule has 0 unspecified atom stereocenters. The van der Waals surface area contributed by atoms with E-state index in [2.05, 4.69) is 10.6 Å². The van der Waals surface area contributed by atoms with Gasteiger partial charge in [0, 0.05) is 12.5 Å². The van der Waals surface area contributed by atoms with Crippen molar-refractivity contribution in [2.45, 2.75) is 51.0 Å². The molecule has 0 aromatic heterocycles. The number of amides is 2. The molecule has 1 aromatic carbocycles. The molecule has 5 heteroatoms. The molecule has 1 saturated carbocycles. The van der Waals surface area contributed by atoms with E-state index >= 15 is 0 Å². The first-order valence-corrected chi connectivity index (χ1v) is 8.36. The van der Waals surface area contributed by atoms with Crippen molar-refractivity contribution in [2.75, 3.05) is 13.7 Å². The fraction of sp³-hybridized carbons (Fsp3) is 0.556. The van der Waals surface area contributed by atoms with Gasteiger partial charge in [0.15, 0.2) is 0 Å². The van der Waals surface area contributed by atoms with E-state index in [0.717, 1.165) is 24.2 Å². The summed E-state index contributed by atoms with van der Waals surface area (Å²) >= 11 is 0. The first-order chi connectivity index (χ1) is 11.2. The lowest BCUT2D eigenvalue weighted by Gasteiger charge is -2.22. The molecule has 1 aliphatic rings. The summed E-state index contributed by atoms with van der Waals surface area (Å²) < 4.78 is 5.10. The number of hydrogen-bond donors (Lipinski definition) is 2. The van der Waals surface area contributed by atoms with Crippen molar-refractivity contribution in [2.24, 2.45) is 0 Å². The highest BCUT2D eigenvalue weighted by Crippen LogP contribution is 2.17. The minimum absolute atomic E-state index is 0.0674. The number of aryl methyl sites for hydroxylation is 1. The summed E-state index contributed by atoms with van der Waals surface area (Å²) in [5.74, 6) is 0.617. The van der Waals surface area contributed by atoms with Crippen LogP contribution in [0.2, 0.25) is 0 Å². The molecule has 2 rings (SSSR count). The summed E-state index contributed by atoms with van der Waals surface area (Å²) in [5, 5.41) is 5.68. The van der Waals surface area contributed by atoms with Gasteiger partial charge in [0.05, 0.1) is 13.7 Å². The molecule has 23 heavy (non-hydrogen) atoms. The van der Waals surface area contributed by atoms with Crippen molar-refractivity contribution in [3.05, 3.63) is 29.8 Å². The predicted octanol–water partition coefficient (Wildman–Crippen LogP) is 2.19. The number of hydrogen-bond acceptors (Lipinski definition) is 3. The van der Waals surface area contributed by atoms with Gasteiger partial charge in [-0.25, -0.2) is 0 Å². The quantitative estimate of drug-likeness (QED) is 0.810. The van der Waals surface area contributed by atoms with Crippen molar-refractivity contribution in [3.8, 4) is 5.75 Å². The number of nitrogens with one attached hydrogen (secondary N) is 2. The van der Waals surface area contributed by atoms with E-state index in [1.165, 1.54) is 19.3 Å². The first kappa shape index (κ1) is 17.3. The SMILES string of the molecule is COc1ccc(CCC(=O)NCC(=O)NC2CCCCC2)cc1. The Bertz CT molecular complexity index is 508. The Labute approximate surface area is 137 Å². The van der Waals surface area contributed by atoms with Gasteiger partial charge in [-0.2, -0.15) is 0 Å². The van der Waals surface area contributed by atoms with E-state index in [9.17, 15) is 9.59 Å². The summed E-state index contributed by atoms with van der Waals surface area (Å²) in [6, 6.07) is 7.94. The number of methoxy groups -OCH3 is 1. The van der Waals surface area contributed by atoms with Gasteiger partial charge in [0.25, 0.3) is 0 Å². The van der Waals surface area contributed by atoms with Crippen molar-refractivity contribution >= 4 is 11.8 Å². The highest BCUT2D eigenvalue weighted by molar-refractivity contribution is 5.84. The van der Waals surface area contributed by atoms with Gasteiger partial charge in [0.1, 0.15) is 5.75 Å². The van der Waals surface area contributed by atoms with Crippen LogP contribution in [0.4, 0.5) is 0 Å². The van der Waals surface area contributed by atoms with Gasteiger partial charge in [-0.3, -0.25) is 9.59 Å². The lowest BCUT2D eigenvalue weighted by atomic mass is 9.95. The highest BCUT2D eigenvalue weighted by atomic mass is 16.5. The summed E-state index contributed by atoms with van der Waals surface area (Å²) in [5.41, 5.74) is 1.08. The fourth-order valence-corrected chi connectivity index (χ4v) is 2.84. The normalized spacial score (nSPS) is 15.0. The lowest BCUT2D eigenvalue weighted by Crippen LogP contribution is -2.42. The summed E-state index contributed by atoms with van der Waals surface area (Å²) in [6.45, 7) is 0.0674. The van der Waals surface area contributed by atoms with Crippen LogP contribution in [0.25, 0.3) is 0 Å². The number of benzene rings is 1. The zero-order valence-electron chi connectivity index (χ0n) is 13.8. The van der Waals surface area contributed by atoms with E-state index in [0.29, 0.717) is 12.8 Å². The summed E-state index contributed by atoms with van der Waals surface area (Å²) in [7, 11) is 1.63. The van der Waals surface area contributed by atoms with Crippen LogP contribution < -0.4 is 15.4 Å². The molecule has 0 aliphatic heterocycles. The third-order valence-corrected chi connectivity index (χ3v) is 4.22. The molecular weight excluding hydrogens is 292 g/mol. The molecule has 0 radical (unpaired) electrons. The lowest BCUT2D eigenvalue weighted by molar-refractivity contribution is -0.126. The zero-order valence-corrected chi connectivity index (χ0v) is 13.8. The Kier molecular flexibility index (Phi) is 6.91. The number of rotatable bonds is 7. The molecule has 1 fully saturated rings. The average Bonchev–Trinajstić information content (AvgIpc) is 2.59. The van der Waals surface area contributed by atoms with E-state index in [4.69, 9.17) is 4.74 Å². The van der Waals surface area contributed by atoms with Gasteiger partial charge in [0.2, 0.25) is 11.8 Å². The van der Waals surface area contributed by atoms with Crippen molar-refractivity contribution < 1.29 is 14.3 Å². The molecule has 2 amide bonds. The molecule has 0 bridgehead atoms. The molecular formula is C18H26N2O3. The minimum atomic E-state index is -0.0976. The number of carbonyl (C=O) groups is 2. The largest absolute Gasteiger partial charge is 0.497 e. The molecule has 0 heterocycles. The smallest absolute Gasteiger partial charge is 0.239 e. The molecule has 126 valence electrons. The molecule has 0 atom stereocenters. The van der Waals surface area contributed by atoms with Gasteiger partial charge < -0.3 is 15.4 Å². The van der Waals surface area contributed by atoms with Crippen LogP contribution in [-0.2, 0) is 16.0 Å². The molecule has 1 aromatic rings. The highest BCUT2D eigenvalue weighted by Gasteiger charge is 2.15. The van der Waals surface area contributed by atoms with Gasteiger partial charge in [-0.15, -0.1) is 0 Å². The monoisotopic (exact) mass is 318 g/mol. The fourth-order valence-electron chi connectivity index (χ4n) is 2.84. The van der Waals surface area contributed by atoms with Crippen LogP contribution in [0.15, 0.2) is 24.3 Å². The molecule has 0 spiro atoms. The van der Waals surface area contributed by atoms with E-state index in [-0.39, 0.29) is 24.4 Å². The minimum Gasteiger partial charge on any atom is -0.497 e. The Hall–Kier alpha value is -2.04. The maximum Gasteiger partial charge on any atom is 0.239 e. The predicted molar refractivity (Wildman–Crippen MR) is 89.3 cm³/mol. The summed E-state index contributed by atoms with van der Waals surface area (Å²) in [4.78, 5) is 23.6. The Morgan fingerprint density at radius 1 is 1.09 bits per heavy atom. The van der Waals surface area contributed by atoms with Gasteiger partial charge >= 0.3 is 0 Å².